The predicted octanol–water partition coefficient (Wildman–Crippen LogP) is 4.21. The van der Waals surface area contributed by atoms with Crippen LogP contribution >= 0.6 is 12.2 Å². The van der Waals surface area contributed by atoms with E-state index in [2.05, 4.69) is 5.32 Å². The minimum Gasteiger partial charge on any atom is -0.494 e. The molecule has 5 rings (SSSR count). The van der Waals surface area contributed by atoms with Gasteiger partial charge < -0.3 is 18.8 Å². The zero-order valence-corrected chi connectivity index (χ0v) is 20.5. The summed E-state index contributed by atoms with van der Waals surface area (Å²) in [7, 11) is 0. The molecule has 1 saturated heterocycles. The molecule has 0 radical (unpaired) electrons. The maximum absolute atomic E-state index is 13.5. The number of hydrogen-bond donors (Lipinski definition) is 2. The summed E-state index contributed by atoms with van der Waals surface area (Å²) in [6.07, 6.45) is 3.32. The van der Waals surface area contributed by atoms with Gasteiger partial charge in [0.1, 0.15) is 17.1 Å². The second-order valence-corrected chi connectivity index (χ2v) is 8.58. The third-order valence-corrected chi connectivity index (χ3v) is 6.09. The Kier molecular flexibility index (Phi) is 6.33. The van der Waals surface area contributed by atoms with Crippen molar-refractivity contribution in [2.45, 2.75) is 13.5 Å². The van der Waals surface area contributed by atoms with E-state index in [-0.39, 0.29) is 23.0 Å². The lowest BCUT2D eigenvalue weighted by Gasteiger charge is -2.29. The number of furan rings is 1. The molecular weight excluding hydrogens is 494 g/mol. The lowest BCUT2D eigenvalue weighted by atomic mass is 10.1. The second-order valence-electron chi connectivity index (χ2n) is 8.19. The van der Waals surface area contributed by atoms with Crippen LogP contribution in [0.1, 0.15) is 28.8 Å². The molecule has 2 N–H and O–H groups in total. The largest absolute Gasteiger partial charge is 0.494 e. The molecule has 37 heavy (non-hydrogen) atoms. The van der Waals surface area contributed by atoms with Gasteiger partial charge in [-0.15, -0.1) is 0 Å². The summed E-state index contributed by atoms with van der Waals surface area (Å²) in [6, 6.07) is 17.4. The van der Waals surface area contributed by atoms with Crippen molar-refractivity contribution in [1.29, 1.82) is 0 Å². The Labute approximate surface area is 216 Å². The smallest absolute Gasteiger partial charge is 0.371 e. The van der Waals surface area contributed by atoms with E-state index < -0.39 is 17.8 Å². The van der Waals surface area contributed by atoms with Gasteiger partial charge in [0.05, 0.1) is 18.8 Å². The van der Waals surface area contributed by atoms with Gasteiger partial charge in [-0.05, 0) is 55.5 Å². The number of ether oxygens (including phenoxy) is 1. The second kappa shape index (κ2) is 9.75. The van der Waals surface area contributed by atoms with Crippen LogP contribution in [0.2, 0.25) is 0 Å². The number of aromatic nitrogens is 1. The average molecular weight is 516 g/mol. The standard InChI is InChI=1S/C27H21N3O6S/c1-2-35-18-7-5-6-17(13-18)30-25(32)21(24(31)28-27(30)37)12-16-14-29(22-9-4-3-8-20(16)22)15-19-10-11-23(36-19)26(33)34/h3-14H,2,15H2,1H3,(H,33,34)(H,28,31,37)/b21-12+. The molecule has 4 aromatic rings. The van der Waals surface area contributed by atoms with Crippen molar-refractivity contribution in [3.63, 3.8) is 0 Å². The predicted molar refractivity (Wildman–Crippen MR) is 141 cm³/mol. The van der Waals surface area contributed by atoms with Gasteiger partial charge in [-0.3, -0.25) is 19.8 Å². The van der Waals surface area contributed by atoms with E-state index in [1.807, 2.05) is 35.8 Å². The van der Waals surface area contributed by atoms with Crippen molar-refractivity contribution in [2.24, 2.45) is 0 Å². The number of nitrogens with one attached hydrogen (secondary N) is 1. The number of rotatable bonds is 7. The molecular formula is C27H21N3O6S. The van der Waals surface area contributed by atoms with Crippen LogP contribution in [0.3, 0.4) is 0 Å². The van der Waals surface area contributed by atoms with E-state index in [4.69, 9.17) is 26.5 Å². The number of thiocarbonyl (C=S) groups is 1. The monoisotopic (exact) mass is 515 g/mol. The molecule has 0 bridgehead atoms. The minimum absolute atomic E-state index is 0.0183. The molecule has 10 heteroatoms. The number of carbonyl (C=O) groups excluding carboxylic acids is 2. The number of amides is 2. The highest BCUT2D eigenvalue weighted by Crippen LogP contribution is 2.29. The number of nitrogens with zero attached hydrogens (tertiary/aromatic N) is 2. The van der Waals surface area contributed by atoms with Gasteiger partial charge in [0.15, 0.2) is 5.11 Å². The van der Waals surface area contributed by atoms with Gasteiger partial charge in [0.2, 0.25) is 5.76 Å². The Morgan fingerprint density at radius 3 is 2.70 bits per heavy atom. The highest BCUT2D eigenvalue weighted by atomic mass is 32.1. The lowest BCUT2D eigenvalue weighted by Crippen LogP contribution is -2.54. The molecule has 0 atom stereocenters. The van der Waals surface area contributed by atoms with Crippen LogP contribution in [0.15, 0.2) is 76.9 Å². The summed E-state index contributed by atoms with van der Waals surface area (Å²) in [5, 5.41) is 12.5. The summed E-state index contributed by atoms with van der Waals surface area (Å²) in [4.78, 5) is 38.8. The third kappa shape index (κ3) is 4.62. The lowest BCUT2D eigenvalue weighted by molar-refractivity contribution is -0.122. The molecule has 2 amide bonds. The van der Waals surface area contributed by atoms with Crippen LogP contribution in [0.5, 0.6) is 5.75 Å². The fraction of sp³-hybridized carbons (Fsp3) is 0.111. The molecule has 0 saturated carbocycles. The third-order valence-electron chi connectivity index (χ3n) is 5.81. The van der Waals surface area contributed by atoms with Crippen molar-refractivity contribution in [3.8, 4) is 5.75 Å². The first-order chi connectivity index (χ1) is 17.9. The number of benzene rings is 2. The van der Waals surface area contributed by atoms with Gasteiger partial charge >= 0.3 is 5.97 Å². The maximum atomic E-state index is 13.5. The molecule has 0 unspecified atom stereocenters. The van der Waals surface area contributed by atoms with Crippen LogP contribution in [0, 0.1) is 0 Å². The van der Waals surface area contributed by atoms with Crippen molar-refractivity contribution in [1.82, 2.24) is 9.88 Å². The summed E-state index contributed by atoms with van der Waals surface area (Å²) in [6.45, 7) is 2.58. The molecule has 2 aromatic heterocycles. The molecule has 0 spiro atoms. The Morgan fingerprint density at radius 2 is 1.95 bits per heavy atom. The van der Waals surface area contributed by atoms with Crippen LogP contribution in [-0.2, 0) is 16.1 Å². The van der Waals surface area contributed by atoms with E-state index in [1.165, 1.54) is 17.0 Å². The van der Waals surface area contributed by atoms with Gasteiger partial charge in [0, 0.05) is 28.7 Å². The molecule has 186 valence electrons. The van der Waals surface area contributed by atoms with Crippen LogP contribution in [0.4, 0.5) is 5.69 Å². The molecule has 1 aliphatic heterocycles. The van der Waals surface area contributed by atoms with E-state index in [0.717, 1.165) is 10.9 Å². The van der Waals surface area contributed by atoms with Gasteiger partial charge in [0.25, 0.3) is 11.8 Å². The van der Waals surface area contributed by atoms with Crippen molar-refractivity contribution in [3.05, 3.63) is 89.5 Å². The average Bonchev–Trinajstić information content (AvgIpc) is 3.48. The van der Waals surface area contributed by atoms with Gasteiger partial charge in [-0.2, -0.15) is 0 Å². The minimum atomic E-state index is -1.15. The fourth-order valence-electron chi connectivity index (χ4n) is 4.19. The first kappa shape index (κ1) is 24.0. The summed E-state index contributed by atoms with van der Waals surface area (Å²) in [5.74, 6) is -1.43. The normalized spacial score (nSPS) is 14.9. The van der Waals surface area contributed by atoms with Crippen molar-refractivity contribution >= 4 is 57.8 Å². The number of carbonyl (C=O) groups is 3. The van der Waals surface area contributed by atoms with E-state index in [0.29, 0.717) is 29.4 Å². The Bertz CT molecular complexity index is 1600. The van der Waals surface area contributed by atoms with Crippen LogP contribution in [-0.4, -0.2) is 39.2 Å². The van der Waals surface area contributed by atoms with E-state index >= 15 is 0 Å². The molecule has 3 heterocycles. The number of anilines is 1. The highest BCUT2D eigenvalue weighted by Gasteiger charge is 2.35. The molecule has 9 nitrogen and oxygen atoms in total. The number of carboxylic acid groups (broad SMARTS) is 1. The number of carboxylic acids is 1. The number of para-hydroxylation sites is 1. The Balaban J connectivity index is 1.53. The van der Waals surface area contributed by atoms with E-state index in [9.17, 15) is 14.4 Å². The van der Waals surface area contributed by atoms with Gasteiger partial charge in [-0.25, -0.2) is 4.79 Å². The summed E-state index contributed by atoms with van der Waals surface area (Å²) < 4.78 is 12.8. The number of hydrogen-bond acceptors (Lipinski definition) is 6. The topological polar surface area (TPSA) is 114 Å². The van der Waals surface area contributed by atoms with E-state index in [1.54, 1.807) is 36.5 Å². The first-order valence-electron chi connectivity index (χ1n) is 11.4. The summed E-state index contributed by atoms with van der Waals surface area (Å²) >= 11 is 5.31. The zero-order valence-electron chi connectivity index (χ0n) is 19.6. The summed E-state index contributed by atoms with van der Waals surface area (Å²) in [5.41, 5.74) is 1.85. The molecule has 1 fully saturated rings. The van der Waals surface area contributed by atoms with Crippen molar-refractivity contribution in [2.75, 3.05) is 11.5 Å². The fourth-order valence-corrected chi connectivity index (χ4v) is 4.47. The highest BCUT2D eigenvalue weighted by molar-refractivity contribution is 7.80. The SMILES string of the molecule is CCOc1cccc(N2C(=O)/C(=C/c3cn(Cc4ccc(C(=O)O)o4)c4ccccc34)C(=O)NC2=S)c1. The molecule has 2 aromatic carbocycles. The molecule has 0 aliphatic carbocycles. The first-order valence-corrected chi connectivity index (χ1v) is 11.8. The van der Waals surface area contributed by atoms with Crippen LogP contribution < -0.4 is 15.0 Å². The Morgan fingerprint density at radius 1 is 1.14 bits per heavy atom. The maximum Gasteiger partial charge on any atom is 0.371 e. The molecule has 1 aliphatic rings. The number of fused-ring (bicyclic) bond motifs is 1. The quantitative estimate of drug-likeness (QED) is 0.215. The zero-order chi connectivity index (χ0) is 26.1. The number of aromatic carboxylic acids is 1. The Hall–Kier alpha value is -4.70. The van der Waals surface area contributed by atoms with Gasteiger partial charge in [-0.1, -0.05) is 24.3 Å². The van der Waals surface area contributed by atoms with Crippen molar-refractivity contribution < 1.29 is 28.6 Å². The van der Waals surface area contributed by atoms with Crippen LogP contribution in [0.25, 0.3) is 17.0 Å².